The number of methoxy groups -OCH3 is 1. The third-order valence-electron chi connectivity index (χ3n) is 3.50. The number of aliphatic hydroxyl groups is 1. The van der Waals surface area contributed by atoms with Crippen molar-refractivity contribution in [3.63, 3.8) is 0 Å². The number of rotatable bonds is 7. The van der Waals surface area contributed by atoms with E-state index in [1.807, 2.05) is 6.92 Å². The summed E-state index contributed by atoms with van der Waals surface area (Å²) in [4.78, 5) is 7.76. The fourth-order valence-electron chi connectivity index (χ4n) is 2.16. The summed E-state index contributed by atoms with van der Waals surface area (Å²) in [6.45, 7) is 2.60. The molecule has 0 aliphatic rings. The molecule has 28 heavy (non-hydrogen) atoms. The van der Waals surface area contributed by atoms with Crippen LogP contribution in [0.25, 0.3) is 0 Å². The van der Waals surface area contributed by atoms with Gasteiger partial charge in [0, 0.05) is 18.5 Å². The van der Waals surface area contributed by atoms with Crippen LogP contribution in [0.4, 0.5) is 13.2 Å². The first-order chi connectivity index (χ1) is 12.8. The fraction of sp³-hybridized carbons (Fsp3) is 0.412. The Kier molecular flexibility index (Phi) is 9.96. The molecule has 0 bridgehead atoms. The van der Waals surface area contributed by atoms with Crippen molar-refractivity contribution in [2.45, 2.75) is 25.7 Å². The molecule has 0 aliphatic heterocycles. The van der Waals surface area contributed by atoms with Gasteiger partial charge in [0.15, 0.2) is 11.7 Å². The Hall–Kier alpha value is -1.60. The molecule has 0 saturated carbocycles. The molecule has 1 heterocycles. The highest BCUT2D eigenvalue weighted by atomic mass is 127. The van der Waals surface area contributed by atoms with Gasteiger partial charge in [-0.3, -0.25) is 0 Å². The molecule has 1 aromatic carbocycles. The maximum absolute atomic E-state index is 12.6. The van der Waals surface area contributed by atoms with Crippen LogP contribution in [-0.4, -0.2) is 36.2 Å². The molecular weight excluding hydrogens is 508 g/mol. The van der Waals surface area contributed by atoms with E-state index in [2.05, 4.69) is 20.6 Å². The normalized spacial score (nSPS) is 12.9. The number of benzene rings is 1. The van der Waals surface area contributed by atoms with E-state index in [0.717, 1.165) is 16.7 Å². The Morgan fingerprint density at radius 3 is 2.71 bits per heavy atom. The van der Waals surface area contributed by atoms with E-state index >= 15 is 0 Å². The topological polar surface area (TPSA) is 78.8 Å². The first-order valence-corrected chi connectivity index (χ1v) is 9.07. The predicted octanol–water partition coefficient (Wildman–Crippen LogP) is 3.58. The number of thiazole rings is 1. The summed E-state index contributed by atoms with van der Waals surface area (Å²) >= 11 is 0.905. The molecule has 0 aliphatic carbocycles. The maximum atomic E-state index is 12.6. The molecule has 2 rings (SSSR count). The molecule has 0 fully saturated rings. The van der Waals surface area contributed by atoms with E-state index in [9.17, 15) is 18.3 Å². The lowest BCUT2D eigenvalue weighted by Gasteiger charge is -2.16. The van der Waals surface area contributed by atoms with E-state index < -0.39 is 18.0 Å². The van der Waals surface area contributed by atoms with Crippen molar-refractivity contribution in [3.05, 3.63) is 45.9 Å². The number of hydrogen-bond donors (Lipinski definition) is 3. The summed E-state index contributed by atoms with van der Waals surface area (Å²) in [5.41, 5.74) is -0.239. The largest absolute Gasteiger partial charge is 0.497 e. The summed E-state index contributed by atoms with van der Waals surface area (Å²) in [7, 11) is 1.54. The molecule has 0 saturated heterocycles. The van der Waals surface area contributed by atoms with Gasteiger partial charge in [-0.2, -0.15) is 13.2 Å². The highest BCUT2D eigenvalue weighted by molar-refractivity contribution is 14.0. The van der Waals surface area contributed by atoms with Crippen molar-refractivity contribution in [2.75, 3.05) is 20.2 Å². The lowest BCUT2D eigenvalue weighted by atomic mass is 10.1. The molecular formula is C17H22F3IN4O2S. The monoisotopic (exact) mass is 530 g/mol. The van der Waals surface area contributed by atoms with Crippen LogP contribution in [0.1, 0.15) is 29.3 Å². The zero-order valence-electron chi connectivity index (χ0n) is 15.3. The van der Waals surface area contributed by atoms with Crippen molar-refractivity contribution in [1.29, 1.82) is 0 Å². The Morgan fingerprint density at radius 2 is 2.11 bits per heavy atom. The second-order valence-electron chi connectivity index (χ2n) is 5.49. The number of nitrogens with zero attached hydrogens (tertiary/aromatic N) is 2. The van der Waals surface area contributed by atoms with Gasteiger partial charge in [0.25, 0.3) is 0 Å². The van der Waals surface area contributed by atoms with E-state index in [0.29, 0.717) is 23.8 Å². The molecule has 0 radical (unpaired) electrons. The second kappa shape index (κ2) is 11.4. The average Bonchev–Trinajstić information content (AvgIpc) is 3.13. The second-order valence-corrected chi connectivity index (χ2v) is 6.44. The summed E-state index contributed by atoms with van der Waals surface area (Å²) in [5.74, 6) is 1.01. The van der Waals surface area contributed by atoms with E-state index in [4.69, 9.17) is 4.74 Å². The van der Waals surface area contributed by atoms with Gasteiger partial charge in [-0.1, -0.05) is 12.1 Å². The maximum Gasteiger partial charge on any atom is 0.434 e. The van der Waals surface area contributed by atoms with Gasteiger partial charge in [-0.15, -0.1) is 35.3 Å². The lowest BCUT2D eigenvalue weighted by molar-refractivity contribution is -0.140. The third-order valence-corrected chi connectivity index (χ3v) is 4.33. The number of aliphatic imine (C=N–C) groups is 1. The summed E-state index contributed by atoms with van der Waals surface area (Å²) in [6.07, 6.45) is -5.26. The number of guanidine groups is 1. The molecule has 11 heteroatoms. The van der Waals surface area contributed by atoms with Crippen LogP contribution in [0.2, 0.25) is 0 Å². The van der Waals surface area contributed by atoms with Crippen LogP contribution in [-0.2, 0) is 12.7 Å². The van der Waals surface area contributed by atoms with Crippen LogP contribution in [0.5, 0.6) is 5.75 Å². The minimum absolute atomic E-state index is 0. The van der Waals surface area contributed by atoms with Crippen molar-refractivity contribution < 1.29 is 23.0 Å². The zero-order chi connectivity index (χ0) is 19.9. The number of ether oxygens (including phenoxy) is 1. The average molecular weight is 530 g/mol. The van der Waals surface area contributed by atoms with Gasteiger partial charge in [0.05, 0.1) is 19.8 Å². The fourth-order valence-corrected chi connectivity index (χ4v) is 2.89. The number of alkyl halides is 3. The van der Waals surface area contributed by atoms with Crippen LogP contribution < -0.4 is 15.4 Å². The Labute approximate surface area is 182 Å². The SMILES string of the molecule is CCNC(=NCc1nc(C(F)(F)F)cs1)NCC(O)c1cccc(OC)c1.I. The molecule has 1 unspecified atom stereocenters. The van der Waals surface area contributed by atoms with Crippen LogP contribution in [0.3, 0.4) is 0 Å². The van der Waals surface area contributed by atoms with Crippen molar-refractivity contribution in [2.24, 2.45) is 4.99 Å². The lowest BCUT2D eigenvalue weighted by Crippen LogP contribution is -2.39. The predicted molar refractivity (Wildman–Crippen MR) is 113 cm³/mol. The number of aromatic nitrogens is 1. The highest BCUT2D eigenvalue weighted by Gasteiger charge is 2.33. The molecule has 6 nitrogen and oxygen atoms in total. The van der Waals surface area contributed by atoms with E-state index in [-0.39, 0.29) is 42.1 Å². The van der Waals surface area contributed by atoms with Gasteiger partial charge < -0.3 is 20.5 Å². The molecule has 0 amide bonds. The van der Waals surface area contributed by atoms with Gasteiger partial charge >= 0.3 is 6.18 Å². The highest BCUT2D eigenvalue weighted by Crippen LogP contribution is 2.30. The molecule has 3 N–H and O–H groups in total. The van der Waals surface area contributed by atoms with Gasteiger partial charge in [-0.05, 0) is 24.6 Å². The van der Waals surface area contributed by atoms with E-state index in [1.165, 1.54) is 0 Å². The molecule has 2 aromatic rings. The van der Waals surface area contributed by atoms with E-state index in [1.54, 1.807) is 31.4 Å². The summed E-state index contributed by atoms with van der Waals surface area (Å²) < 4.78 is 42.9. The number of nitrogens with one attached hydrogen (secondary N) is 2. The Morgan fingerprint density at radius 1 is 1.36 bits per heavy atom. The summed E-state index contributed by atoms with van der Waals surface area (Å²) in [5, 5.41) is 17.5. The molecule has 156 valence electrons. The van der Waals surface area contributed by atoms with Gasteiger partial charge in [-0.25, -0.2) is 9.98 Å². The zero-order valence-corrected chi connectivity index (χ0v) is 18.4. The quantitative estimate of drug-likeness (QED) is 0.290. The van der Waals surface area contributed by atoms with Crippen LogP contribution >= 0.6 is 35.3 Å². The Balaban J connectivity index is 0.00000392. The first-order valence-electron chi connectivity index (χ1n) is 8.19. The molecule has 0 spiro atoms. The van der Waals surface area contributed by atoms with Crippen LogP contribution in [0, 0.1) is 0 Å². The van der Waals surface area contributed by atoms with Crippen LogP contribution in [0.15, 0.2) is 34.6 Å². The smallest absolute Gasteiger partial charge is 0.434 e. The number of hydrogen-bond acceptors (Lipinski definition) is 5. The third kappa shape index (κ3) is 7.43. The van der Waals surface area contributed by atoms with Gasteiger partial charge in [0.1, 0.15) is 10.8 Å². The first kappa shape index (κ1) is 24.4. The minimum Gasteiger partial charge on any atom is -0.497 e. The summed E-state index contributed by atoms with van der Waals surface area (Å²) in [6, 6.07) is 7.05. The number of halogens is 4. The molecule has 1 atom stereocenters. The minimum atomic E-state index is -4.46. The standard InChI is InChI=1S/C17H21F3N4O2S.HI/c1-3-21-16(23-9-15-24-14(10-27-15)17(18,19)20)22-8-13(25)11-5-4-6-12(7-11)26-2;/h4-7,10,13,25H,3,8-9H2,1-2H3,(H2,21,22,23);1H. The van der Waals surface area contributed by atoms with Crippen molar-refractivity contribution >= 4 is 41.3 Å². The Bertz CT molecular complexity index is 771. The van der Waals surface area contributed by atoms with Crippen molar-refractivity contribution in [3.8, 4) is 5.75 Å². The molecule has 1 aromatic heterocycles. The van der Waals surface area contributed by atoms with Crippen molar-refractivity contribution in [1.82, 2.24) is 15.6 Å². The number of aliphatic hydroxyl groups excluding tert-OH is 1. The van der Waals surface area contributed by atoms with Gasteiger partial charge in [0.2, 0.25) is 0 Å².